The Bertz CT molecular complexity index is 1130. The van der Waals surface area contributed by atoms with Gasteiger partial charge in [0, 0.05) is 5.56 Å². The van der Waals surface area contributed by atoms with E-state index in [1.54, 1.807) is 24.3 Å². The minimum absolute atomic E-state index is 0.0978. The van der Waals surface area contributed by atoms with Crippen molar-refractivity contribution in [3.05, 3.63) is 84.1 Å². The van der Waals surface area contributed by atoms with E-state index in [1.807, 2.05) is 54.6 Å². The van der Waals surface area contributed by atoms with E-state index in [-0.39, 0.29) is 5.56 Å². The van der Waals surface area contributed by atoms with E-state index >= 15 is 0 Å². The highest BCUT2D eigenvalue weighted by Crippen LogP contribution is 2.33. The average Bonchev–Trinajstić information content (AvgIpc) is 3.08. The van der Waals surface area contributed by atoms with Crippen molar-refractivity contribution in [1.29, 1.82) is 5.26 Å². The van der Waals surface area contributed by atoms with Gasteiger partial charge in [0.1, 0.15) is 17.3 Å². The number of fused-ring (bicyclic) bond motifs is 1. The summed E-state index contributed by atoms with van der Waals surface area (Å²) in [5.41, 5.74) is 1.07. The van der Waals surface area contributed by atoms with Crippen molar-refractivity contribution in [1.82, 2.24) is 9.78 Å². The van der Waals surface area contributed by atoms with Gasteiger partial charge in [-0.15, -0.1) is 0 Å². The zero-order valence-corrected chi connectivity index (χ0v) is 13.6. The smallest absolute Gasteiger partial charge is 0.231 e. The van der Waals surface area contributed by atoms with Crippen LogP contribution in [0.2, 0.25) is 0 Å². The molecule has 0 saturated carbocycles. The number of hydrogen-bond donors (Lipinski definition) is 0. The number of benzene rings is 3. The molecule has 0 atom stereocenters. The van der Waals surface area contributed by atoms with Crippen LogP contribution < -0.4 is 0 Å². The fourth-order valence-corrected chi connectivity index (χ4v) is 3.06. The van der Waals surface area contributed by atoms with Gasteiger partial charge >= 0.3 is 0 Å². The van der Waals surface area contributed by atoms with Crippen molar-refractivity contribution in [3.8, 4) is 23.0 Å². The summed E-state index contributed by atoms with van der Waals surface area (Å²) in [6, 6.07) is 24.3. The Balaban J connectivity index is 2.02. The Morgan fingerprint density at radius 2 is 1.58 bits per heavy atom. The van der Waals surface area contributed by atoms with Gasteiger partial charge in [-0.05, 0) is 22.9 Å². The number of aromatic nitrogens is 2. The van der Waals surface area contributed by atoms with Gasteiger partial charge in [0.25, 0.3) is 6.43 Å². The SMILES string of the molecule is N#Cc1c(C(F)F)nn(-c2ccc3ccccc3c2)c1-c1ccccc1. The number of nitriles is 1. The summed E-state index contributed by atoms with van der Waals surface area (Å²) < 4.78 is 28.4. The first-order valence-corrected chi connectivity index (χ1v) is 8.05. The summed E-state index contributed by atoms with van der Waals surface area (Å²) in [7, 11) is 0. The molecule has 0 bridgehead atoms. The van der Waals surface area contributed by atoms with Crippen molar-refractivity contribution < 1.29 is 8.78 Å². The van der Waals surface area contributed by atoms with Crippen molar-refractivity contribution in [2.45, 2.75) is 6.43 Å². The normalized spacial score (nSPS) is 11.0. The van der Waals surface area contributed by atoms with E-state index in [0.717, 1.165) is 10.8 Å². The minimum atomic E-state index is -2.83. The van der Waals surface area contributed by atoms with Gasteiger partial charge in [-0.2, -0.15) is 10.4 Å². The highest BCUT2D eigenvalue weighted by molar-refractivity contribution is 5.85. The average molecular weight is 345 g/mol. The van der Waals surface area contributed by atoms with E-state index in [4.69, 9.17) is 0 Å². The molecule has 4 aromatic rings. The van der Waals surface area contributed by atoms with Crippen LogP contribution in [0.5, 0.6) is 0 Å². The zero-order chi connectivity index (χ0) is 18.1. The van der Waals surface area contributed by atoms with E-state index in [1.165, 1.54) is 4.68 Å². The molecule has 26 heavy (non-hydrogen) atoms. The molecule has 4 rings (SSSR count). The van der Waals surface area contributed by atoms with Crippen molar-refractivity contribution in [3.63, 3.8) is 0 Å². The summed E-state index contributed by atoms with van der Waals surface area (Å²) in [6.07, 6.45) is -2.83. The Hall–Kier alpha value is -3.52. The lowest BCUT2D eigenvalue weighted by molar-refractivity contribution is 0.145. The number of halogens is 2. The van der Waals surface area contributed by atoms with Gasteiger partial charge in [0.15, 0.2) is 0 Å². The minimum Gasteiger partial charge on any atom is -0.231 e. The first-order chi connectivity index (χ1) is 12.7. The maximum Gasteiger partial charge on any atom is 0.283 e. The highest BCUT2D eigenvalue weighted by atomic mass is 19.3. The molecule has 0 fully saturated rings. The van der Waals surface area contributed by atoms with E-state index < -0.39 is 12.1 Å². The standard InChI is InChI=1S/C21H13F2N3/c22-21(23)19-18(13-24)20(15-7-2-1-3-8-15)26(25-19)17-11-10-14-6-4-5-9-16(14)12-17/h1-12,21H. The molecule has 1 heterocycles. The van der Waals surface area contributed by atoms with E-state index in [9.17, 15) is 14.0 Å². The van der Waals surface area contributed by atoms with E-state index in [0.29, 0.717) is 16.9 Å². The van der Waals surface area contributed by atoms with Gasteiger partial charge in [-0.3, -0.25) is 0 Å². The third kappa shape index (κ3) is 2.62. The van der Waals surface area contributed by atoms with Crippen LogP contribution in [-0.2, 0) is 0 Å². The van der Waals surface area contributed by atoms with Crippen LogP contribution in [0.4, 0.5) is 8.78 Å². The molecule has 5 heteroatoms. The maximum atomic E-state index is 13.5. The van der Waals surface area contributed by atoms with Crippen molar-refractivity contribution in [2.75, 3.05) is 0 Å². The molecule has 3 nitrogen and oxygen atoms in total. The van der Waals surface area contributed by atoms with Crippen LogP contribution in [-0.4, -0.2) is 9.78 Å². The van der Waals surface area contributed by atoms with Crippen LogP contribution in [0.25, 0.3) is 27.7 Å². The number of hydrogen-bond acceptors (Lipinski definition) is 2. The number of alkyl halides is 2. The predicted octanol–water partition coefficient (Wildman–Crippen LogP) is 5.50. The van der Waals surface area contributed by atoms with Gasteiger partial charge in [-0.25, -0.2) is 13.5 Å². The molecule has 1 aromatic heterocycles. The summed E-state index contributed by atoms with van der Waals surface area (Å²) in [5, 5.41) is 15.6. The van der Waals surface area contributed by atoms with Crippen LogP contribution >= 0.6 is 0 Å². The molecule has 3 aromatic carbocycles. The van der Waals surface area contributed by atoms with Crippen LogP contribution in [0.1, 0.15) is 17.7 Å². The van der Waals surface area contributed by atoms with Crippen molar-refractivity contribution >= 4 is 10.8 Å². The molecule has 0 unspecified atom stereocenters. The second-order valence-corrected chi connectivity index (χ2v) is 5.83. The van der Waals surface area contributed by atoms with Crippen molar-refractivity contribution in [2.24, 2.45) is 0 Å². The lowest BCUT2D eigenvalue weighted by Crippen LogP contribution is -2.00. The second-order valence-electron chi connectivity index (χ2n) is 5.83. The molecule has 126 valence electrons. The third-order valence-electron chi connectivity index (χ3n) is 4.26. The van der Waals surface area contributed by atoms with Gasteiger partial charge in [-0.1, -0.05) is 60.7 Å². The van der Waals surface area contributed by atoms with Gasteiger partial charge < -0.3 is 0 Å². The highest BCUT2D eigenvalue weighted by Gasteiger charge is 2.25. The summed E-state index contributed by atoms with van der Waals surface area (Å²) in [5.74, 6) is 0. The lowest BCUT2D eigenvalue weighted by atomic mass is 10.1. The second kappa shape index (κ2) is 6.41. The Labute approximate surface area is 148 Å². The van der Waals surface area contributed by atoms with Crippen LogP contribution in [0.3, 0.4) is 0 Å². The molecule has 0 spiro atoms. The predicted molar refractivity (Wildman–Crippen MR) is 96.2 cm³/mol. The fraction of sp³-hybridized carbons (Fsp3) is 0.0476. The molecule has 0 aliphatic heterocycles. The molecular weight excluding hydrogens is 332 g/mol. The quantitative estimate of drug-likeness (QED) is 0.492. The molecule has 0 aliphatic carbocycles. The fourth-order valence-electron chi connectivity index (χ4n) is 3.06. The molecule has 0 saturated heterocycles. The summed E-state index contributed by atoms with van der Waals surface area (Å²) in [4.78, 5) is 0. The van der Waals surface area contributed by atoms with Gasteiger partial charge in [0.2, 0.25) is 0 Å². The first-order valence-electron chi connectivity index (χ1n) is 8.05. The third-order valence-corrected chi connectivity index (χ3v) is 4.26. The Morgan fingerprint density at radius 1 is 0.885 bits per heavy atom. The molecule has 0 amide bonds. The monoisotopic (exact) mass is 345 g/mol. The largest absolute Gasteiger partial charge is 0.283 e. The van der Waals surface area contributed by atoms with Crippen LogP contribution in [0.15, 0.2) is 72.8 Å². The van der Waals surface area contributed by atoms with Gasteiger partial charge in [0.05, 0.1) is 11.4 Å². The maximum absolute atomic E-state index is 13.5. The summed E-state index contributed by atoms with van der Waals surface area (Å²) in [6.45, 7) is 0. The summed E-state index contributed by atoms with van der Waals surface area (Å²) >= 11 is 0. The zero-order valence-electron chi connectivity index (χ0n) is 13.6. The molecular formula is C21H13F2N3. The Kier molecular flexibility index (Phi) is 3.94. The number of rotatable bonds is 3. The number of nitrogens with zero attached hydrogens (tertiary/aromatic N) is 3. The topological polar surface area (TPSA) is 41.6 Å². The molecule has 0 N–H and O–H groups in total. The molecule has 0 radical (unpaired) electrons. The Morgan fingerprint density at radius 3 is 2.27 bits per heavy atom. The molecule has 0 aliphatic rings. The first kappa shape index (κ1) is 16.0. The van der Waals surface area contributed by atoms with Crippen LogP contribution in [0, 0.1) is 11.3 Å². The lowest BCUT2D eigenvalue weighted by Gasteiger charge is -2.09. The van der Waals surface area contributed by atoms with E-state index in [2.05, 4.69) is 5.10 Å².